The van der Waals surface area contributed by atoms with E-state index >= 15 is 0 Å². The summed E-state index contributed by atoms with van der Waals surface area (Å²) in [5, 5.41) is 0. The van der Waals surface area contributed by atoms with E-state index in [0.717, 1.165) is 0 Å². The number of hydrogen-bond donors (Lipinski definition) is 0. The van der Waals surface area contributed by atoms with Crippen LogP contribution in [0.5, 0.6) is 0 Å². The van der Waals surface area contributed by atoms with Crippen LogP contribution in [0.15, 0.2) is 48.5 Å². The first-order valence-corrected chi connectivity index (χ1v) is 11.4. The van der Waals surface area contributed by atoms with E-state index in [1.807, 2.05) is 13.8 Å². The van der Waals surface area contributed by atoms with E-state index in [-0.39, 0.29) is 0 Å². The van der Waals surface area contributed by atoms with Crippen LogP contribution in [0, 0.1) is 7.14 Å². The van der Waals surface area contributed by atoms with Crippen LogP contribution in [0.1, 0.15) is 37.8 Å². The second kappa shape index (κ2) is 6.56. The van der Waals surface area contributed by atoms with E-state index in [4.69, 9.17) is 0 Å². The van der Waals surface area contributed by atoms with Crippen molar-refractivity contribution in [3.63, 3.8) is 0 Å². The fourth-order valence-electron chi connectivity index (χ4n) is 2.62. The zero-order chi connectivity index (χ0) is 13.8. The van der Waals surface area contributed by atoms with E-state index < -0.39 is 19.8 Å². The van der Waals surface area contributed by atoms with E-state index in [1.54, 1.807) is 18.3 Å². The molecule has 1 heterocycles. The van der Waals surface area contributed by atoms with Crippen molar-refractivity contribution in [1.82, 2.24) is 0 Å². The summed E-state index contributed by atoms with van der Waals surface area (Å²) in [5.41, 5.74) is 3.18. The molecular weight excluding hydrogens is 343 g/mol. The van der Waals surface area contributed by atoms with Crippen LogP contribution in [0.4, 0.5) is 0 Å². The molecule has 0 nitrogen and oxygen atoms in total. The van der Waals surface area contributed by atoms with Gasteiger partial charge in [-0.3, -0.25) is 0 Å². The summed E-state index contributed by atoms with van der Waals surface area (Å²) in [7, 11) is 0. The Kier molecular flexibility index (Phi) is 5.03. The second-order valence-electron chi connectivity index (χ2n) is 4.69. The predicted molar refractivity (Wildman–Crippen MR) is 93.7 cm³/mol. The summed E-state index contributed by atoms with van der Waals surface area (Å²) in [6, 6.07) is 18.2. The average Bonchev–Trinajstić information content (AvgIpc) is 2.58. The van der Waals surface area contributed by atoms with Gasteiger partial charge < -0.3 is 0 Å². The van der Waals surface area contributed by atoms with Crippen molar-refractivity contribution in [2.75, 3.05) is 4.93 Å². The average molecular weight is 366 g/mol. The van der Waals surface area contributed by atoms with Gasteiger partial charge >= 0.3 is 111 Å². The number of alkyl halides is 1. The molecule has 2 aromatic rings. The maximum atomic E-state index is 2.49. The molecule has 0 aliphatic carbocycles. The van der Waals surface area contributed by atoms with Gasteiger partial charge in [-0.25, -0.2) is 0 Å². The van der Waals surface area contributed by atoms with Crippen LogP contribution >= 0.6 is 19.8 Å². The molecule has 0 saturated heterocycles. The number of hydrogen-bond acceptors (Lipinski definition) is 0. The molecule has 1 aliphatic heterocycles. The summed E-state index contributed by atoms with van der Waals surface area (Å²) in [4.78, 5) is 2.49. The Bertz CT molecular complexity index is 545. The number of fused-ring (bicyclic) bond motifs is 2. The second-order valence-corrected chi connectivity index (χ2v) is 9.71. The van der Waals surface area contributed by atoms with Crippen molar-refractivity contribution in [3.8, 4) is 0 Å². The van der Waals surface area contributed by atoms with Crippen LogP contribution in [0.2, 0.25) is 0 Å². The van der Waals surface area contributed by atoms with Crippen LogP contribution in [-0.2, 0) is 6.42 Å². The fraction of sp³-hybridized carbons (Fsp3) is 0.333. The van der Waals surface area contributed by atoms with Crippen molar-refractivity contribution < 1.29 is 0 Å². The fourth-order valence-corrected chi connectivity index (χ4v) is 7.83. The van der Waals surface area contributed by atoms with Gasteiger partial charge in [0.25, 0.3) is 0 Å². The zero-order valence-electron chi connectivity index (χ0n) is 12.3. The van der Waals surface area contributed by atoms with E-state index in [2.05, 4.69) is 60.4 Å². The van der Waals surface area contributed by atoms with Gasteiger partial charge in [-0.1, -0.05) is 13.8 Å². The normalized spacial score (nSPS) is 18.5. The quantitative estimate of drug-likeness (QED) is 0.424. The molecule has 0 aromatic heterocycles. The van der Waals surface area contributed by atoms with Crippen LogP contribution < -0.4 is 0 Å². The first kappa shape index (κ1) is 14.6. The molecule has 1 unspecified atom stereocenters. The molecule has 19 heavy (non-hydrogen) atoms. The van der Waals surface area contributed by atoms with Crippen LogP contribution in [0.25, 0.3) is 0 Å². The van der Waals surface area contributed by atoms with Crippen LogP contribution in [0.3, 0.4) is 0 Å². The molecular formula is C18H23I. The molecule has 0 fully saturated rings. The topological polar surface area (TPSA) is 0 Å². The SMILES string of the molecule is CC.CC1Cc2ccccc2I(C)c2ccccc21. The van der Waals surface area contributed by atoms with Gasteiger partial charge in [0.15, 0.2) is 0 Å². The molecule has 1 atom stereocenters. The first-order chi connectivity index (χ1) is 9.27. The molecule has 1 aliphatic rings. The Labute approximate surface area is 124 Å². The molecule has 1 heteroatoms. The summed E-state index contributed by atoms with van der Waals surface area (Å²) in [6.45, 7) is 6.37. The molecule has 0 bridgehead atoms. The third kappa shape index (κ3) is 2.86. The van der Waals surface area contributed by atoms with Gasteiger partial charge in [-0.2, -0.15) is 0 Å². The standard InChI is InChI=1S/C16H17I.C2H6/c1-12-11-13-7-3-5-9-15(13)17(2)16-10-6-4-8-14(12)16;1-2/h3-10,12H,11H2,1-2H3;1-2H3. The third-order valence-corrected chi connectivity index (χ3v) is 9.05. The first-order valence-electron chi connectivity index (χ1n) is 7.04. The van der Waals surface area contributed by atoms with Gasteiger partial charge in [-0.15, -0.1) is 0 Å². The molecule has 0 amide bonds. The molecule has 2 aromatic carbocycles. The summed E-state index contributed by atoms with van der Waals surface area (Å²) in [6.07, 6.45) is 1.20. The zero-order valence-corrected chi connectivity index (χ0v) is 14.4. The Morgan fingerprint density at radius 2 is 1.47 bits per heavy atom. The van der Waals surface area contributed by atoms with Gasteiger partial charge in [0.2, 0.25) is 0 Å². The van der Waals surface area contributed by atoms with Crippen LogP contribution in [-0.4, -0.2) is 4.93 Å². The van der Waals surface area contributed by atoms with Gasteiger partial charge in [-0.05, 0) is 0 Å². The molecule has 0 spiro atoms. The van der Waals surface area contributed by atoms with E-state index in [9.17, 15) is 0 Å². The van der Waals surface area contributed by atoms with Crippen molar-refractivity contribution in [1.29, 1.82) is 0 Å². The molecule has 0 saturated carbocycles. The molecule has 0 radical (unpaired) electrons. The summed E-state index contributed by atoms with van der Waals surface area (Å²) < 4.78 is 3.32. The summed E-state index contributed by atoms with van der Waals surface area (Å²) >= 11 is -1.16. The van der Waals surface area contributed by atoms with Crippen molar-refractivity contribution >= 4 is 19.8 Å². The Hall–Kier alpha value is -0.830. The van der Waals surface area contributed by atoms with E-state index in [1.165, 1.54) is 6.42 Å². The number of benzene rings is 2. The number of halogens is 1. The number of rotatable bonds is 0. The maximum absolute atomic E-state index is 2.49. The van der Waals surface area contributed by atoms with Gasteiger partial charge in [0, 0.05) is 0 Å². The summed E-state index contributed by atoms with van der Waals surface area (Å²) in [5.74, 6) is 0.662. The Morgan fingerprint density at radius 3 is 2.21 bits per heavy atom. The Morgan fingerprint density at radius 1 is 0.895 bits per heavy atom. The van der Waals surface area contributed by atoms with E-state index in [0.29, 0.717) is 5.92 Å². The molecule has 3 rings (SSSR count). The minimum absolute atomic E-state index is 0.662. The minimum atomic E-state index is -1.16. The Balaban J connectivity index is 0.000000637. The monoisotopic (exact) mass is 366 g/mol. The van der Waals surface area contributed by atoms with Gasteiger partial charge in [0.05, 0.1) is 0 Å². The van der Waals surface area contributed by atoms with Gasteiger partial charge in [0.1, 0.15) is 0 Å². The third-order valence-electron chi connectivity index (χ3n) is 3.53. The van der Waals surface area contributed by atoms with Crippen molar-refractivity contribution in [3.05, 3.63) is 66.8 Å². The van der Waals surface area contributed by atoms with Crippen molar-refractivity contribution in [2.45, 2.75) is 33.1 Å². The van der Waals surface area contributed by atoms with Crippen molar-refractivity contribution in [2.24, 2.45) is 0 Å². The molecule has 102 valence electrons. The predicted octanol–water partition coefficient (Wildman–Crippen LogP) is 5.55. The molecule has 0 N–H and O–H groups in total.